The molecule has 3 aromatic rings. The molecule has 3 nitrogen and oxygen atoms in total. The van der Waals surface area contributed by atoms with Crippen molar-refractivity contribution >= 4 is 44.4 Å². The fourth-order valence-electron chi connectivity index (χ4n) is 4.09. The normalized spacial score (nSPS) is 15.1. The average molecular weight is 700 g/mol. The fraction of sp³-hybridized carbons (Fsp3) is 0.438. The Bertz CT molecular complexity index is 1290. The predicted octanol–water partition coefficient (Wildman–Crippen LogP) is 9.31. The molecule has 0 atom stereocenters. The maximum absolute atomic E-state index is 13.8. The van der Waals surface area contributed by atoms with Gasteiger partial charge in [0.2, 0.25) is 0 Å². The Kier molecular flexibility index (Phi) is 12.6. The van der Waals surface area contributed by atoms with Crippen LogP contribution >= 0.6 is 31.9 Å². The quantitative estimate of drug-likeness (QED) is 0.276. The molecule has 0 unspecified atom stereocenters. The summed E-state index contributed by atoms with van der Waals surface area (Å²) in [5.74, 6) is -1.23. The van der Waals surface area contributed by atoms with Crippen LogP contribution in [0, 0.1) is 31.3 Å². The number of halogens is 5. The number of phenols is 1. The molecule has 0 saturated carbocycles. The molecule has 1 saturated heterocycles. The summed E-state index contributed by atoms with van der Waals surface area (Å²) in [6.45, 7) is 17.6. The van der Waals surface area contributed by atoms with Gasteiger partial charge in [0.25, 0.3) is 0 Å². The van der Waals surface area contributed by atoms with E-state index in [0.29, 0.717) is 15.6 Å². The van der Waals surface area contributed by atoms with E-state index in [0.717, 1.165) is 45.9 Å². The number of benzene rings is 3. The maximum Gasteiger partial charge on any atom is 0.495 e. The Hall–Kier alpha value is -1.81. The second-order valence-corrected chi connectivity index (χ2v) is 12.7. The molecule has 224 valence electrons. The van der Waals surface area contributed by atoms with Gasteiger partial charge in [0.05, 0.1) is 11.2 Å². The lowest BCUT2D eigenvalue weighted by atomic mass is 9.75. The third-order valence-electron chi connectivity index (χ3n) is 7.51. The molecule has 41 heavy (non-hydrogen) atoms. The molecule has 0 bridgehead atoms. The minimum atomic E-state index is -0.589. The fourth-order valence-corrected chi connectivity index (χ4v) is 5.28. The molecule has 0 spiro atoms. The Balaban J connectivity index is 0.000000230. The molecular formula is C32H40BBr2F3O3. The van der Waals surface area contributed by atoms with Crippen molar-refractivity contribution in [3.8, 4) is 5.75 Å². The van der Waals surface area contributed by atoms with E-state index in [1.165, 1.54) is 18.2 Å². The second kappa shape index (κ2) is 14.6. The summed E-state index contributed by atoms with van der Waals surface area (Å²) < 4.78 is 52.9. The van der Waals surface area contributed by atoms with Gasteiger partial charge < -0.3 is 14.4 Å². The molecule has 1 aliphatic rings. The highest BCUT2D eigenvalue weighted by Crippen LogP contribution is 2.37. The zero-order valence-corrected chi connectivity index (χ0v) is 28.5. The number of phenolic OH excluding ortho intramolecular Hbond substituents is 1. The van der Waals surface area contributed by atoms with Crippen molar-refractivity contribution in [1.82, 2.24) is 0 Å². The standard InChI is InChI=1S/C15H22BFO2.C9H10BrF.C8H8BrFO/c1-7-11-8-10(2)13(17)9-12(11)16-18-14(3,4)15(5,6)19-16;1-3-7-4-6(2)9(11)5-8(7)10;1-2-5-3-8(11)7(10)4-6(5)9/h8-9H,7H2,1-6H3;4-5H,3H2,1-2H3;3-4,11H,2H2,1H3. The van der Waals surface area contributed by atoms with Gasteiger partial charge >= 0.3 is 7.12 Å². The van der Waals surface area contributed by atoms with E-state index >= 15 is 0 Å². The molecule has 0 radical (unpaired) electrons. The van der Waals surface area contributed by atoms with Crippen LogP contribution in [0.1, 0.15) is 76.3 Å². The van der Waals surface area contributed by atoms with Gasteiger partial charge in [-0.15, -0.1) is 0 Å². The molecule has 0 aliphatic carbocycles. The van der Waals surface area contributed by atoms with E-state index in [1.54, 1.807) is 19.9 Å². The summed E-state index contributed by atoms with van der Waals surface area (Å²) in [7, 11) is -0.491. The molecule has 1 aliphatic heterocycles. The first kappa shape index (κ1) is 35.4. The Morgan fingerprint density at radius 2 is 1.05 bits per heavy atom. The number of rotatable bonds is 4. The Labute approximate surface area is 260 Å². The van der Waals surface area contributed by atoms with Crippen molar-refractivity contribution in [3.63, 3.8) is 0 Å². The first-order chi connectivity index (χ1) is 19.0. The minimum absolute atomic E-state index is 0.144. The lowest BCUT2D eigenvalue weighted by Gasteiger charge is -2.32. The maximum atomic E-state index is 13.8. The molecule has 1 fully saturated rings. The van der Waals surface area contributed by atoms with E-state index in [-0.39, 0.29) is 17.4 Å². The van der Waals surface area contributed by atoms with Crippen LogP contribution in [-0.2, 0) is 28.6 Å². The van der Waals surface area contributed by atoms with Crippen LogP contribution in [0.15, 0.2) is 45.3 Å². The molecule has 4 rings (SSSR count). The van der Waals surface area contributed by atoms with Gasteiger partial charge in [-0.3, -0.25) is 0 Å². The van der Waals surface area contributed by atoms with E-state index in [2.05, 4.69) is 45.7 Å². The molecule has 1 heterocycles. The van der Waals surface area contributed by atoms with Crippen molar-refractivity contribution in [1.29, 1.82) is 0 Å². The van der Waals surface area contributed by atoms with Gasteiger partial charge in [-0.05, 0) is 118 Å². The van der Waals surface area contributed by atoms with Gasteiger partial charge in [-0.1, -0.05) is 64.8 Å². The van der Waals surface area contributed by atoms with Crippen molar-refractivity contribution in [3.05, 3.63) is 90.6 Å². The lowest BCUT2D eigenvalue weighted by Crippen LogP contribution is -2.41. The highest BCUT2D eigenvalue weighted by molar-refractivity contribution is 9.10. The Morgan fingerprint density at radius 1 is 0.659 bits per heavy atom. The van der Waals surface area contributed by atoms with Crippen LogP contribution in [0.3, 0.4) is 0 Å². The molecule has 0 amide bonds. The van der Waals surface area contributed by atoms with Gasteiger partial charge in [-0.2, -0.15) is 0 Å². The van der Waals surface area contributed by atoms with E-state index in [1.807, 2.05) is 46.8 Å². The van der Waals surface area contributed by atoms with Crippen LogP contribution in [-0.4, -0.2) is 23.4 Å². The van der Waals surface area contributed by atoms with Crippen molar-refractivity contribution < 1.29 is 27.6 Å². The molecule has 1 N–H and O–H groups in total. The molecular weight excluding hydrogens is 660 g/mol. The van der Waals surface area contributed by atoms with Gasteiger partial charge in [0.1, 0.15) is 11.6 Å². The molecule has 0 aromatic heterocycles. The first-order valence-corrected chi connectivity index (χ1v) is 15.3. The number of aromatic hydroxyl groups is 1. The lowest BCUT2D eigenvalue weighted by molar-refractivity contribution is 0.00578. The summed E-state index contributed by atoms with van der Waals surface area (Å²) in [4.78, 5) is 0. The minimum Gasteiger partial charge on any atom is -0.505 e. The largest absolute Gasteiger partial charge is 0.505 e. The zero-order valence-electron chi connectivity index (χ0n) is 25.3. The zero-order chi connectivity index (χ0) is 31.3. The predicted molar refractivity (Wildman–Crippen MR) is 170 cm³/mol. The SMILES string of the molecule is CCc1cc(C)c(F)cc1B1OC(C)(C)C(C)(C)O1.CCc1cc(C)c(F)cc1Br.CCc1cc(O)c(F)cc1Br. The Morgan fingerprint density at radius 3 is 1.51 bits per heavy atom. The summed E-state index contributed by atoms with van der Waals surface area (Å²) in [6, 6.07) is 9.53. The average Bonchev–Trinajstić information content (AvgIpc) is 3.12. The van der Waals surface area contributed by atoms with E-state index < -0.39 is 24.1 Å². The van der Waals surface area contributed by atoms with E-state index in [4.69, 9.17) is 14.4 Å². The van der Waals surface area contributed by atoms with Crippen LogP contribution < -0.4 is 5.46 Å². The van der Waals surface area contributed by atoms with Crippen LogP contribution in [0.4, 0.5) is 13.2 Å². The number of aryl methyl sites for hydroxylation is 5. The third-order valence-corrected chi connectivity index (χ3v) is 8.99. The third kappa shape index (κ3) is 8.85. The van der Waals surface area contributed by atoms with Gasteiger partial charge in [0, 0.05) is 8.95 Å². The van der Waals surface area contributed by atoms with Crippen molar-refractivity contribution in [2.24, 2.45) is 0 Å². The monoisotopic (exact) mass is 698 g/mol. The highest BCUT2D eigenvalue weighted by atomic mass is 79.9. The molecule has 9 heteroatoms. The number of hydrogen-bond acceptors (Lipinski definition) is 3. The summed E-state index contributed by atoms with van der Waals surface area (Å²) in [5, 5.41) is 8.96. The highest BCUT2D eigenvalue weighted by Gasteiger charge is 2.52. The summed E-state index contributed by atoms with van der Waals surface area (Å²) in [5.41, 5.74) is 4.53. The first-order valence-electron chi connectivity index (χ1n) is 13.7. The van der Waals surface area contributed by atoms with Crippen molar-refractivity contribution in [2.75, 3.05) is 0 Å². The van der Waals surface area contributed by atoms with E-state index in [9.17, 15) is 13.2 Å². The second-order valence-electron chi connectivity index (χ2n) is 11.0. The van der Waals surface area contributed by atoms with Crippen LogP contribution in [0.25, 0.3) is 0 Å². The van der Waals surface area contributed by atoms with Crippen molar-refractivity contribution in [2.45, 2.75) is 92.8 Å². The summed E-state index contributed by atoms with van der Waals surface area (Å²) >= 11 is 6.49. The summed E-state index contributed by atoms with van der Waals surface area (Å²) in [6.07, 6.45) is 2.54. The smallest absolute Gasteiger partial charge is 0.495 e. The topological polar surface area (TPSA) is 38.7 Å². The molecule has 3 aromatic carbocycles. The van der Waals surface area contributed by atoms with Crippen LogP contribution in [0.5, 0.6) is 5.75 Å². The number of hydrogen-bond donors (Lipinski definition) is 1. The van der Waals surface area contributed by atoms with Crippen LogP contribution in [0.2, 0.25) is 0 Å². The van der Waals surface area contributed by atoms with Gasteiger partial charge in [0.15, 0.2) is 11.6 Å². The van der Waals surface area contributed by atoms with Gasteiger partial charge in [-0.25, -0.2) is 13.2 Å².